The van der Waals surface area contributed by atoms with Crippen LogP contribution in [0.15, 0.2) is 200 Å². The maximum absolute atomic E-state index is 11.6. The average Bonchev–Trinajstić information content (AvgIpc) is 3.99. The van der Waals surface area contributed by atoms with Crippen molar-refractivity contribution >= 4 is 88.8 Å². The summed E-state index contributed by atoms with van der Waals surface area (Å²) >= 11 is 0. The molecule has 0 aliphatic rings. The number of benzene rings is 9. The number of rotatable bonds is 9. The van der Waals surface area contributed by atoms with Gasteiger partial charge in [-0.3, -0.25) is 4.79 Å². The fraction of sp³-hybridized carbons (Fsp3) is 0.0351. The quantitative estimate of drug-likeness (QED) is 0.136. The van der Waals surface area contributed by atoms with Crippen LogP contribution in [0, 0.1) is 0 Å². The van der Waals surface area contributed by atoms with E-state index in [-0.39, 0.29) is 0 Å². The Hall–Kier alpha value is -8.55. The number of carbonyl (C=O) groups is 1. The summed E-state index contributed by atoms with van der Waals surface area (Å²) in [6, 6.07) is 70.6. The first kappa shape index (κ1) is 37.2. The Labute approximate surface area is 368 Å². The third-order valence-corrected chi connectivity index (χ3v) is 12.7. The van der Waals surface area contributed by atoms with Crippen molar-refractivity contribution < 1.29 is 14.3 Å². The SMILES string of the molecule is COc1ccc(-n2c3ccccc3c3cc(N(c4ccc5c(c4)c4ccccc4n5-c4ccc(C=O)cc4)c4ccc5c(c4)c4ccccc4n5-c4ccc(OC)cc4)ccc32)cc1. The highest BCUT2D eigenvalue weighted by Crippen LogP contribution is 2.44. The molecule has 306 valence electrons. The molecule has 9 aromatic carbocycles. The third kappa shape index (κ3) is 5.78. The van der Waals surface area contributed by atoms with Crippen LogP contribution in [0.3, 0.4) is 0 Å². The number of hydrogen-bond donors (Lipinski definition) is 0. The smallest absolute Gasteiger partial charge is 0.150 e. The number of carbonyl (C=O) groups excluding carboxylic acids is 1. The summed E-state index contributed by atoms with van der Waals surface area (Å²) in [4.78, 5) is 14.0. The van der Waals surface area contributed by atoms with Crippen LogP contribution >= 0.6 is 0 Å². The highest BCUT2D eigenvalue weighted by molar-refractivity contribution is 6.14. The molecule has 0 fully saturated rings. The highest BCUT2D eigenvalue weighted by atomic mass is 16.5. The number of ether oxygens (including phenoxy) is 2. The van der Waals surface area contributed by atoms with Gasteiger partial charge in [-0.25, -0.2) is 0 Å². The number of aldehydes is 1. The molecular formula is C57H40N4O3. The van der Waals surface area contributed by atoms with Crippen molar-refractivity contribution in [3.05, 3.63) is 206 Å². The number of methoxy groups -OCH3 is 2. The zero-order valence-electron chi connectivity index (χ0n) is 35.1. The predicted octanol–water partition coefficient (Wildman–Crippen LogP) is 14.3. The summed E-state index contributed by atoms with van der Waals surface area (Å²) in [5.74, 6) is 1.64. The first-order chi connectivity index (χ1) is 31.6. The average molecular weight is 829 g/mol. The largest absolute Gasteiger partial charge is 0.497 e. The van der Waals surface area contributed by atoms with Gasteiger partial charge in [0.25, 0.3) is 0 Å². The number of aromatic nitrogens is 3. The van der Waals surface area contributed by atoms with E-state index in [2.05, 4.69) is 170 Å². The summed E-state index contributed by atoms with van der Waals surface area (Å²) in [6.45, 7) is 0. The van der Waals surface area contributed by atoms with Crippen molar-refractivity contribution in [1.82, 2.24) is 13.7 Å². The molecule has 0 amide bonds. The number of para-hydroxylation sites is 3. The minimum absolute atomic E-state index is 0.649. The molecule has 0 bridgehead atoms. The summed E-state index contributed by atoms with van der Waals surface area (Å²) in [5.41, 5.74) is 13.6. The van der Waals surface area contributed by atoms with E-state index in [0.717, 1.165) is 107 Å². The van der Waals surface area contributed by atoms with Crippen molar-refractivity contribution in [3.63, 3.8) is 0 Å². The second-order valence-electron chi connectivity index (χ2n) is 16.1. The molecule has 0 aliphatic heterocycles. The standard InChI is InChI=1S/C57H40N4O3/c1-63-44-26-19-39(20-27-44)60-53-13-7-4-10-47(53)50-34-42(24-31-56(50)60)58(41-23-30-55-49(33-41)46-9-3-6-12-52(46)59(55)38-17-15-37(36-62)16-18-38)43-25-32-57-51(35-43)48-11-5-8-14-54(48)61(57)40-21-28-45(64-2)29-22-40/h3-36H,1-2H3. The lowest BCUT2D eigenvalue weighted by atomic mass is 10.1. The number of nitrogens with zero attached hydrogens (tertiary/aromatic N) is 4. The van der Waals surface area contributed by atoms with Gasteiger partial charge in [0.1, 0.15) is 17.8 Å². The fourth-order valence-corrected chi connectivity index (χ4v) is 9.75. The zero-order valence-corrected chi connectivity index (χ0v) is 35.1. The first-order valence-corrected chi connectivity index (χ1v) is 21.3. The maximum Gasteiger partial charge on any atom is 0.150 e. The van der Waals surface area contributed by atoms with Gasteiger partial charge in [0.2, 0.25) is 0 Å². The number of fused-ring (bicyclic) bond motifs is 9. The van der Waals surface area contributed by atoms with Crippen LogP contribution in [-0.2, 0) is 0 Å². The van der Waals surface area contributed by atoms with Gasteiger partial charge in [-0.15, -0.1) is 0 Å². The predicted molar refractivity (Wildman–Crippen MR) is 263 cm³/mol. The topological polar surface area (TPSA) is 53.6 Å². The van der Waals surface area contributed by atoms with Crippen LogP contribution in [-0.4, -0.2) is 34.2 Å². The Kier molecular flexibility index (Phi) is 8.62. The van der Waals surface area contributed by atoms with E-state index in [1.807, 2.05) is 48.5 Å². The van der Waals surface area contributed by atoms with Gasteiger partial charge < -0.3 is 28.1 Å². The molecule has 3 heterocycles. The Balaban J connectivity index is 1.10. The van der Waals surface area contributed by atoms with E-state index < -0.39 is 0 Å². The Bertz CT molecular complexity index is 3600. The van der Waals surface area contributed by atoms with E-state index >= 15 is 0 Å². The van der Waals surface area contributed by atoms with Crippen LogP contribution in [0.1, 0.15) is 10.4 Å². The van der Waals surface area contributed by atoms with Crippen LogP contribution in [0.5, 0.6) is 11.5 Å². The minimum atomic E-state index is 0.649. The molecule has 0 saturated carbocycles. The van der Waals surface area contributed by atoms with Crippen LogP contribution in [0.2, 0.25) is 0 Å². The molecule has 0 saturated heterocycles. The molecule has 64 heavy (non-hydrogen) atoms. The van der Waals surface area contributed by atoms with Crippen LogP contribution < -0.4 is 14.4 Å². The molecule has 7 nitrogen and oxygen atoms in total. The molecule has 12 rings (SSSR count). The Morgan fingerprint density at radius 2 is 0.672 bits per heavy atom. The van der Waals surface area contributed by atoms with Crippen molar-refractivity contribution in [1.29, 1.82) is 0 Å². The summed E-state index contributed by atoms with van der Waals surface area (Å²) in [6.07, 6.45) is 0.888. The first-order valence-electron chi connectivity index (χ1n) is 21.3. The molecule has 0 atom stereocenters. The van der Waals surface area contributed by atoms with E-state index in [0.29, 0.717) is 5.56 Å². The summed E-state index contributed by atoms with van der Waals surface area (Å²) in [7, 11) is 3.40. The minimum Gasteiger partial charge on any atom is -0.497 e. The third-order valence-electron chi connectivity index (χ3n) is 12.7. The lowest BCUT2D eigenvalue weighted by Crippen LogP contribution is -2.10. The van der Waals surface area contributed by atoms with E-state index in [1.165, 1.54) is 10.8 Å². The molecule has 7 heteroatoms. The zero-order chi connectivity index (χ0) is 42.9. The Morgan fingerprint density at radius 1 is 0.359 bits per heavy atom. The number of anilines is 3. The lowest BCUT2D eigenvalue weighted by Gasteiger charge is -2.26. The molecule has 0 aliphatic carbocycles. The fourth-order valence-electron chi connectivity index (χ4n) is 9.75. The van der Waals surface area contributed by atoms with Gasteiger partial charge in [-0.05, 0) is 146 Å². The summed E-state index contributed by atoms with van der Waals surface area (Å²) < 4.78 is 18.0. The number of hydrogen-bond acceptors (Lipinski definition) is 4. The van der Waals surface area contributed by atoms with Crippen LogP contribution in [0.25, 0.3) is 82.5 Å². The van der Waals surface area contributed by atoms with Gasteiger partial charge in [0.05, 0.1) is 47.3 Å². The molecule has 0 N–H and O–H groups in total. The van der Waals surface area contributed by atoms with Gasteiger partial charge >= 0.3 is 0 Å². The Morgan fingerprint density at radius 3 is 1.00 bits per heavy atom. The maximum atomic E-state index is 11.6. The van der Waals surface area contributed by atoms with E-state index in [4.69, 9.17) is 9.47 Å². The highest BCUT2D eigenvalue weighted by Gasteiger charge is 2.22. The molecule has 0 unspecified atom stereocenters. The monoisotopic (exact) mass is 828 g/mol. The molecule has 0 radical (unpaired) electrons. The lowest BCUT2D eigenvalue weighted by molar-refractivity contribution is 0.112. The van der Waals surface area contributed by atoms with E-state index in [9.17, 15) is 4.79 Å². The normalized spacial score (nSPS) is 11.7. The van der Waals surface area contributed by atoms with Crippen molar-refractivity contribution in [3.8, 4) is 28.6 Å². The van der Waals surface area contributed by atoms with Crippen molar-refractivity contribution in [2.75, 3.05) is 19.1 Å². The summed E-state index contributed by atoms with van der Waals surface area (Å²) in [5, 5.41) is 6.94. The molecular weight excluding hydrogens is 789 g/mol. The van der Waals surface area contributed by atoms with Gasteiger partial charge in [-0.1, -0.05) is 54.6 Å². The molecule has 3 aromatic heterocycles. The van der Waals surface area contributed by atoms with E-state index in [1.54, 1.807) is 14.2 Å². The van der Waals surface area contributed by atoms with Crippen LogP contribution in [0.4, 0.5) is 17.1 Å². The molecule has 0 spiro atoms. The van der Waals surface area contributed by atoms with Gasteiger partial charge in [0.15, 0.2) is 0 Å². The second-order valence-corrected chi connectivity index (χ2v) is 16.1. The van der Waals surface area contributed by atoms with Gasteiger partial charge in [0, 0.05) is 72.0 Å². The molecule has 12 aromatic rings. The van der Waals surface area contributed by atoms with Gasteiger partial charge in [-0.2, -0.15) is 0 Å². The van der Waals surface area contributed by atoms with Crippen molar-refractivity contribution in [2.24, 2.45) is 0 Å². The van der Waals surface area contributed by atoms with Crippen molar-refractivity contribution in [2.45, 2.75) is 0 Å². The second kappa shape index (κ2) is 14.8.